The lowest BCUT2D eigenvalue weighted by Gasteiger charge is -2.14. The maximum atomic E-state index is 13.2. The third kappa shape index (κ3) is 4.64. The maximum absolute atomic E-state index is 13.2. The van der Waals surface area contributed by atoms with E-state index < -0.39 is 23.7 Å². The zero-order valence-corrected chi connectivity index (χ0v) is 13.5. The Balaban J connectivity index is 0.00000264. The van der Waals surface area contributed by atoms with Crippen molar-refractivity contribution in [2.75, 3.05) is 11.9 Å². The molecule has 9 heteroatoms. The molecule has 2 amide bonds. The summed E-state index contributed by atoms with van der Waals surface area (Å²) in [5.74, 6) is -1.12. The maximum Gasteiger partial charge on any atom is 0.244 e. The number of carbonyl (C=O) groups excluding carboxylic acids is 2. The molecule has 0 saturated carbocycles. The highest BCUT2D eigenvalue weighted by Gasteiger charge is 2.18. The van der Waals surface area contributed by atoms with E-state index in [-0.39, 0.29) is 30.7 Å². The summed E-state index contributed by atoms with van der Waals surface area (Å²) >= 11 is 0. The van der Waals surface area contributed by atoms with E-state index in [1.165, 1.54) is 18.2 Å². The minimum Gasteiger partial charge on any atom is -0.346 e. The van der Waals surface area contributed by atoms with E-state index >= 15 is 0 Å². The van der Waals surface area contributed by atoms with E-state index in [0.29, 0.717) is 10.9 Å². The molecule has 0 radical (unpaired) electrons. The molecule has 1 atom stereocenters. The summed E-state index contributed by atoms with van der Waals surface area (Å²) < 4.78 is 13.2. The molecule has 7 nitrogen and oxygen atoms in total. The van der Waals surface area contributed by atoms with Crippen LogP contribution >= 0.6 is 12.4 Å². The van der Waals surface area contributed by atoms with Crippen LogP contribution in [0.3, 0.4) is 0 Å². The Morgan fingerprint density at radius 3 is 2.74 bits per heavy atom. The Bertz CT molecular complexity index is 704. The molecule has 0 aliphatic heterocycles. The molecule has 1 aromatic carbocycles. The molecule has 0 aliphatic rings. The first-order valence-corrected chi connectivity index (χ1v) is 6.85. The van der Waals surface area contributed by atoms with Gasteiger partial charge in [-0.05, 0) is 24.1 Å². The molecule has 126 valence electrons. The van der Waals surface area contributed by atoms with Gasteiger partial charge >= 0.3 is 0 Å². The van der Waals surface area contributed by atoms with Gasteiger partial charge in [-0.15, -0.1) is 12.4 Å². The highest BCUT2D eigenvalue weighted by molar-refractivity contribution is 6.01. The number of nitrogens with one attached hydrogen (secondary N) is 3. The summed E-state index contributed by atoms with van der Waals surface area (Å²) in [6, 6.07) is 3.41. The Labute approximate surface area is 138 Å². The largest absolute Gasteiger partial charge is 0.346 e. The van der Waals surface area contributed by atoms with Gasteiger partial charge in [0.25, 0.3) is 0 Å². The number of nitrogens with two attached hydrogens (primary N) is 1. The molecular weight excluding hydrogens is 325 g/mol. The molecule has 0 bridgehead atoms. The van der Waals surface area contributed by atoms with Crippen LogP contribution in [0.4, 0.5) is 10.2 Å². The zero-order valence-electron chi connectivity index (χ0n) is 12.7. The van der Waals surface area contributed by atoms with Crippen LogP contribution in [-0.2, 0) is 9.59 Å². The summed E-state index contributed by atoms with van der Waals surface area (Å²) in [7, 11) is 0. The average Bonchev–Trinajstić information content (AvgIpc) is 2.86. The summed E-state index contributed by atoms with van der Waals surface area (Å²) in [6.07, 6.45) is 0. The van der Waals surface area contributed by atoms with Gasteiger partial charge < -0.3 is 16.4 Å². The van der Waals surface area contributed by atoms with Gasteiger partial charge in [-0.3, -0.25) is 14.7 Å². The molecule has 0 unspecified atom stereocenters. The van der Waals surface area contributed by atoms with Crippen molar-refractivity contribution in [3.05, 3.63) is 24.0 Å². The molecule has 0 fully saturated rings. The lowest BCUT2D eigenvalue weighted by molar-refractivity contribution is -0.125. The topological polar surface area (TPSA) is 113 Å². The Kier molecular flexibility index (Phi) is 6.47. The summed E-state index contributed by atoms with van der Waals surface area (Å²) in [5, 5.41) is 12.0. The number of H-pyrrole nitrogens is 1. The van der Waals surface area contributed by atoms with Gasteiger partial charge in [0.2, 0.25) is 11.8 Å². The van der Waals surface area contributed by atoms with Gasteiger partial charge in [0.1, 0.15) is 5.82 Å². The fourth-order valence-corrected chi connectivity index (χ4v) is 1.85. The van der Waals surface area contributed by atoms with Gasteiger partial charge in [0.15, 0.2) is 5.82 Å². The van der Waals surface area contributed by atoms with Gasteiger partial charge in [-0.25, -0.2) is 4.39 Å². The van der Waals surface area contributed by atoms with Crippen LogP contribution in [0.1, 0.15) is 13.8 Å². The smallest absolute Gasteiger partial charge is 0.244 e. The van der Waals surface area contributed by atoms with E-state index in [1.54, 1.807) is 0 Å². The number of fused-ring (bicyclic) bond motifs is 1. The average molecular weight is 344 g/mol. The molecular formula is C14H19ClFN5O2. The number of hydrogen-bond acceptors (Lipinski definition) is 4. The van der Waals surface area contributed by atoms with E-state index in [4.69, 9.17) is 5.73 Å². The summed E-state index contributed by atoms with van der Waals surface area (Å²) in [6.45, 7) is 3.40. The van der Waals surface area contributed by atoms with Crippen LogP contribution in [0, 0.1) is 11.7 Å². The molecule has 1 aromatic heterocycles. The number of anilines is 1. The van der Waals surface area contributed by atoms with Gasteiger partial charge in [0, 0.05) is 5.39 Å². The van der Waals surface area contributed by atoms with Crippen molar-refractivity contribution in [3.8, 4) is 0 Å². The first-order valence-electron chi connectivity index (χ1n) is 6.85. The van der Waals surface area contributed by atoms with E-state index in [0.717, 1.165) is 0 Å². The number of benzene rings is 1. The second kappa shape index (κ2) is 7.89. The molecule has 23 heavy (non-hydrogen) atoms. The summed E-state index contributed by atoms with van der Waals surface area (Å²) in [4.78, 5) is 23.5. The molecule has 0 spiro atoms. The fraction of sp³-hybridized carbons (Fsp3) is 0.357. The minimum absolute atomic E-state index is 0. The number of rotatable bonds is 5. The lowest BCUT2D eigenvalue weighted by Crippen LogP contribution is -2.46. The van der Waals surface area contributed by atoms with Crippen molar-refractivity contribution in [2.45, 2.75) is 19.9 Å². The number of hydrogen-bond donors (Lipinski definition) is 4. The first kappa shape index (κ1) is 18.9. The first-order chi connectivity index (χ1) is 10.4. The Morgan fingerprint density at radius 2 is 2.09 bits per heavy atom. The number of aromatic amines is 1. The third-order valence-electron chi connectivity index (χ3n) is 3.23. The monoisotopic (exact) mass is 343 g/mol. The standard InChI is InChI=1S/C14H18FN5O2.ClH/c1-7(2)12(16)14(22)17-6-11(21)18-13-9-5-8(15)3-4-10(9)19-20-13;/h3-5,7,12H,6,16H2,1-2H3,(H,17,22)(H2,18,19,20,21);1H/t12-;/m0./s1. The van der Waals surface area contributed by atoms with Crippen molar-refractivity contribution >= 4 is 40.9 Å². The second-order valence-electron chi connectivity index (χ2n) is 5.30. The predicted octanol–water partition coefficient (Wildman–Crippen LogP) is 1.16. The van der Waals surface area contributed by atoms with Gasteiger partial charge in [-0.2, -0.15) is 5.10 Å². The minimum atomic E-state index is -0.673. The van der Waals surface area contributed by atoms with Crippen molar-refractivity contribution in [2.24, 2.45) is 11.7 Å². The SMILES string of the molecule is CC(C)[C@H](N)C(=O)NCC(=O)Nc1n[nH]c2ccc(F)cc12.Cl. The van der Waals surface area contributed by atoms with Crippen LogP contribution in [0.5, 0.6) is 0 Å². The normalized spacial score (nSPS) is 11.9. The molecule has 0 aliphatic carbocycles. The van der Waals surface area contributed by atoms with Crippen LogP contribution in [0.2, 0.25) is 0 Å². The molecule has 0 saturated heterocycles. The number of amides is 2. The third-order valence-corrected chi connectivity index (χ3v) is 3.23. The van der Waals surface area contributed by atoms with Crippen LogP contribution in [0.25, 0.3) is 10.9 Å². The van der Waals surface area contributed by atoms with Crippen LogP contribution < -0.4 is 16.4 Å². The molecule has 1 heterocycles. The van der Waals surface area contributed by atoms with Crippen LogP contribution in [-0.4, -0.2) is 34.6 Å². The number of halogens is 2. The van der Waals surface area contributed by atoms with Gasteiger partial charge in [-0.1, -0.05) is 13.8 Å². The predicted molar refractivity (Wildman–Crippen MR) is 87.8 cm³/mol. The molecule has 2 rings (SSSR count). The lowest BCUT2D eigenvalue weighted by atomic mass is 10.1. The highest BCUT2D eigenvalue weighted by Crippen LogP contribution is 2.20. The quantitative estimate of drug-likeness (QED) is 0.652. The van der Waals surface area contributed by atoms with E-state index in [2.05, 4.69) is 20.8 Å². The van der Waals surface area contributed by atoms with Crippen molar-refractivity contribution in [3.63, 3.8) is 0 Å². The van der Waals surface area contributed by atoms with Crippen LogP contribution in [0.15, 0.2) is 18.2 Å². The van der Waals surface area contributed by atoms with E-state index in [1.807, 2.05) is 13.8 Å². The second-order valence-corrected chi connectivity index (χ2v) is 5.30. The molecule has 5 N–H and O–H groups in total. The van der Waals surface area contributed by atoms with Gasteiger partial charge in [0.05, 0.1) is 18.1 Å². The zero-order chi connectivity index (χ0) is 16.3. The van der Waals surface area contributed by atoms with Crippen molar-refractivity contribution in [1.82, 2.24) is 15.5 Å². The number of aromatic nitrogens is 2. The Hall–Kier alpha value is -2.19. The highest BCUT2D eigenvalue weighted by atomic mass is 35.5. The van der Waals surface area contributed by atoms with E-state index in [9.17, 15) is 14.0 Å². The Morgan fingerprint density at radius 1 is 1.39 bits per heavy atom. The molecule has 2 aromatic rings. The summed E-state index contributed by atoms with van der Waals surface area (Å²) in [5.41, 5.74) is 6.27. The van der Waals surface area contributed by atoms with Crippen molar-refractivity contribution < 1.29 is 14.0 Å². The number of carbonyl (C=O) groups is 2. The van der Waals surface area contributed by atoms with Crippen molar-refractivity contribution in [1.29, 1.82) is 0 Å². The number of nitrogens with zero attached hydrogens (tertiary/aromatic N) is 1. The fourth-order valence-electron chi connectivity index (χ4n) is 1.85.